The normalized spacial score (nSPS) is 11.4. The van der Waals surface area contributed by atoms with Gasteiger partial charge in [0.25, 0.3) is 6.48 Å². The first-order valence-corrected chi connectivity index (χ1v) is 8.75. The van der Waals surface area contributed by atoms with E-state index in [-0.39, 0.29) is 0 Å². The fourth-order valence-electron chi connectivity index (χ4n) is 2.49. The maximum Gasteiger partial charge on any atom is 0.266 e. The molecule has 0 aromatic carbocycles. The van der Waals surface area contributed by atoms with Crippen molar-refractivity contribution in [1.82, 2.24) is 0 Å². The molecule has 0 aromatic heterocycles. The Kier molecular flexibility index (Phi) is 16.8. The summed E-state index contributed by atoms with van der Waals surface area (Å²) in [6.45, 7) is 1.12. The van der Waals surface area contributed by atoms with E-state index in [4.69, 9.17) is 10.2 Å². The van der Waals surface area contributed by atoms with Crippen molar-refractivity contribution in [3.8, 4) is 0 Å². The van der Waals surface area contributed by atoms with Crippen LogP contribution in [0.2, 0.25) is 0 Å². The molecule has 20 heavy (non-hydrogen) atoms. The molecule has 0 rings (SSSR count). The summed E-state index contributed by atoms with van der Waals surface area (Å²) in [5.41, 5.74) is 0. The van der Waals surface area contributed by atoms with Crippen LogP contribution in [0.4, 0.5) is 0 Å². The van der Waals surface area contributed by atoms with Crippen LogP contribution in [0.1, 0.15) is 96.8 Å². The first-order valence-electron chi connectivity index (χ1n) is 8.75. The fraction of sp³-hybridized carbons (Fsp3) is 1.00. The molecule has 0 aliphatic rings. The Labute approximate surface area is 125 Å². The van der Waals surface area contributed by atoms with Crippen LogP contribution < -0.4 is 0 Å². The molecule has 0 aliphatic heterocycles. The van der Waals surface area contributed by atoms with E-state index in [2.05, 4.69) is 11.7 Å². The number of ether oxygens (including phenoxy) is 1. The van der Waals surface area contributed by atoms with Crippen molar-refractivity contribution in [2.45, 2.75) is 103 Å². The van der Waals surface area contributed by atoms with Gasteiger partial charge in [0.1, 0.15) is 0 Å². The predicted molar refractivity (Wildman–Crippen MR) is 84.5 cm³/mol. The molecule has 3 nitrogen and oxygen atoms in total. The SMILES string of the molecule is CCCCCCCCCCCCCCCCOC(O)O. The quantitative estimate of drug-likeness (QED) is 0.318. The first-order chi connectivity index (χ1) is 9.77. The Balaban J connectivity index is 2.92. The standard InChI is InChI=1S/C17H36O3/c1-2-3-4-5-6-7-8-9-10-11-12-13-14-15-16-20-17(18)19/h17-19H,2-16H2,1H3. The number of aliphatic hydroxyl groups excluding tert-OH is 1. The summed E-state index contributed by atoms with van der Waals surface area (Å²) < 4.78 is 4.66. The fourth-order valence-corrected chi connectivity index (χ4v) is 2.49. The van der Waals surface area contributed by atoms with Gasteiger partial charge in [-0.05, 0) is 6.42 Å². The molecule has 0 spiro atoms. The Bertz CT molecular complexity index is 172. The second-order valence-electron chi connectivity index (χ2n) is 5.79. The van der Waals surface area contributed by atoms with Crippen molar-refractivity contribution in [1.29, 1.82) is 0 Å². The molecule has 0 bridgehead atoms. The van der Waals surface area contributed by atoms with E-state index in [1.807, 2.05) is 0 Å². The molecule has 0 aromatic rings. The van der Waals surface area contributed by atoms with Crippen LogP contribution in [0.3, 0.4) is 0 Å². The molecule has 0 unspecified atom stereocenters. The van der Waals surface area contributed by atoms with Crippen LogP contribution >= 0.6 is 0 Å². The molecule has 122 valence electrons. The summed E-state index contributed by atoms with van der Waals surface area (Å²) in [4.78, 5) is 0. The molecule has 0 amide bonds. The summed E-state index contributed by atoms with van der Waals surface area (Å²) in [7, 11) is 0. The van der Waals surface area contributed by atoms with E-state index in [9.17, 15) is 0 Å². The third-order valence-corrected chi connectivity index (χ3v) is 3.76. The highest BCUT2D eigenvalue weighted by molar-refractivity contribution is 4.49. The van der Waals surface area contributed by atoms with Gasteiger partial charge in [-0.1, -0.05) is 90.4 Å². The minimum atomic E-state index is -1.60. The maximum atomic E-state index is 8.49. The van der Waals surface area contributed by atoms with E-state index in [0.29, 0.717) is 6.61 Å². The Morgan fingerprint density at radius 3 is 1.30 bits per heavy atom. The van der Waals surface area contributed by atoms with Gasteiger partial charge in [0.05, 0.1) is 6.61 Å². The second kappa shape index (κ2) is 16.9. The van der Waals surface area contributed by atoms with Gasteiger partial charge in [0, 0.05) is 0 Å². The number of aliphatic hydroxyl groups is 2. The molecular formula is C17H36O3. The summed E-state index contributed by atoms with van der Waals surface area (Å²) in [6.07, 6.45) is 18.6. The Morgan fingerprint density at radius 1 is 0.600 bits per heavy atom. The van der Waals surface area contributed by atoms with Crippen LogP contribution in [-0.2, 0) is 4.74 Å². The van der Waals surface area contributed by atoms with E-state index >= 15 is 0 Å². The minimum Gasteiger partial charge on any atom is -0.346 e. The molecular weight excluding hydrogens is 252 g/mol. The lowest BCUT2D eigenvalue weighted by Crippen LogP contribution is -2.10. The lowest BCUT2D eigenvalue weighted by molar-refractivity contribution is -0.234. The first kappa shape index (κ1) is 19.9. The average molecular weight is 288 g/mol. The third-order valence-electron chi connectivity index (χ3n) is 3.76. The van der Waals surface area contributed by atoms with Crippen molar-refractivity contribution < 1.29 is 14.9 Å². The maximum absolute atomic E-state index is 8.49. The van der Waals surface area contributed by atoms with E-state index < -0.39 is 6.48 Å². The van der Waals surface area contributed by atoms with Gasteiger partial charge in [0.2, 0.25) is 0 Å². The molecule has 0 saturated heterocycles. The van der Waals surface area contributed by atoms with Crippen LogP contribution in [0, 0.1) is 0 Å². The van der Waals surface area contributed by atoms with E-state index in [1.54, 1.807) is 0 Å². The molecule has 0 saturated carbocycles. The lowest BCUT2D eigenvalue weighted by Gasteiger charge is -2.05. The highest BCUT2D eigenvalue weighted by Crippen LogP contribution is 2.12. The van der Waals surface area contributed by atoms with Crippen molar-refractivity contribution in [2.24, 2.45) is 0 Å². The van der Waals surface area contributed by atoms with E-state index in [0.717, 1.165) is 12.8 Å². The van der Waals surface area contributed by atoms with Crippen molar-refractivity contribution in [3.05, 3.63) is 0 Å². The summed E-state index contributed by atoms with van der Waals surface area (Å²) >= 11 is 0. The molecule has 0 atom stereocenters. The lowest BCUT2D eigenvalue weighted by atomic mass is 10.0. The van der Waals surface area contributed by atoms with Crippen LogP contribution in [-0.4, -0.2) is 23.3 Å². The van der Waals surface area contributed by atoms with Gasteiger partial charge in [-0.25, -0.2) is 0 Å². The van der Waals surface area contributed by atoms with Gasteiger partial charge in [-0.15, -0.1) is 0 Å². The highest BCUT2D eigenvalue weighted by atomic mass is 16.7. The van der Waals surface area contributed by atoms with Crippen LogP contribution in [0.15, 0.2) is 0 Å². The zero-order valence-corrected chi connectivity index (χ0v) is 13.5. The number of rotatable bonds is 16. The number of unbranched alkanes of at least 4 members (excludes halogenated alkanes) is 13. The molecule has 3 heteroatoms. The third kappa shape index (κ3) is 17.9. The number of hydrogen-bond acceptors (Lipinski definition) is 3. The predicted octanol–water partition coefficient (Wildman–Crippen LogP) is 4.75. The smallest absolute Gasteiger partial charge is 0.266 e. The van der Waals surface area contributed by atoms with Crippen LogP contribution in [0.5, 0.6) is 0 Å². The second-order valence-corrected chi connectivity index (χ2v) is 5.79. The number of hydrogen-bond donors (Lipinski definition) is 2. The molecule has 0 aliphatic carbocycles. The van der Waals surface area contributed by atoms with Gasteiger partial charge in [0.15, 0.2) is 0 Å². The molecule has 0 fully saturated rings. The zero-order chi connectivity index (χ0) is 14.9. The Hall–Kier alpha value is -0.120. The van der Waals surface area contributed by atoms with Crippen LogP contribution in [0.25, 0.3) is 0 Å². The van der Waals surface area contributed by atoms with Gasteiger partial charge < -0.3 is 14.9 Å². The van der Waals surface area contributed by atoms with Crippen molar-refractivity contribution in [2.75, 3.05) is 6.61 Å². The van der Waals surface area contributed by atoms with Crippen molar-refractivity contribution in [3.63, 3.8) is 0 Å². The minimum absolute atomic E-state index is 0.454. The van der Waals surface area contributed by atoms with Gasteiger partial charge in [-0.2, -0.15) is 0 Å². The topological polar surface area (TPSA) is 49.7 Å². The monoisotopic (exact) mass is 288 g/mol. The largest absolute Gasteiger partial charge is 0.346 e. The summed E-state index contributed by atoms with van der Waals surface area (Å²) in [5, 5.41) is 17.0. The molecule has 0 heterocycles. The average Bonchev–Trinajstić information content (AvgIpc) is 2.43. The Morgan fingerprint density at radius 2 is 0.950 bits per heavy atom. The summed E-state index contributed by atoms with van der Waals surface area (Å²) in [5.74, 6) is 0. The summed E-state index contributed by atoms with van der Waals surface area (Å²) in [6, 6.07) is 0. The van der Waals surface area contributed by atoms with E-state index in [1.165, 1.54) is 77.0 Å². The molecule has 2 N–H and O–H groups in total. The van der Waals surface area contributed by atoms with Gasteiger partial charge in [-0.3, -0.25) is 0 Å². The van der Waals surface area contributed by atoms with Gasteiger partial charge >= 0.3 is 0 Å². The highest BCUT2D eigenvalue weighted by Gasteiger charge is 1.96. The zero-order valence-electron chi connectivity index (χ0n) is 13.5. The molecule has 0 radical (unpaired) electrons. The van der Waals surface area contributed by atoms with Crippen molar-refractivity contribution >= 4 is 0 Å².